The summed E-state index contributed by atoms with van der Waals surface area (Å²) >= 11 is 6.50. The second-order valence-electron chi connectivity index (χ2n) is 19.6. The van der Waals surface area contributed by atoms with Gasteiger partial charge in [0, 0.05) is 93.7 Å². The Kier molecular flexibility index (Phi) is 16.3. The number of rotatable bonds is 14. The normalized spacial score (nSPS) is 16.8. The van der Waals surface area contributed by atoms with Crippen LogP contribution in [0.5, 0.6) is 11.5 Å². The van der Waals surface area contributed by atoms with Crippen LogP contribution >= 0.6 is 11.6 Å². The fraction of sp³-hybridized carbons (Fsp3) is 0.393. The van der Waals surface area contributed by atoms with Gasteiger partial charge in [0.15, 0.2) is 9.84 Å². The first-order chi connectivity index (χ1) is 35.4. The molecular formula is C56H68ClN11O4S. The van der Waals surface area contributed by atoms with Gasteiger partial charge in [0.2, 0.25) is 11.9 Å². The van der Waals surface area contributed by atoms with Gasteiger partial charge in [0.25, 0.3) is 0 Å². The maximum Gasteiger partial charge on any atom is 0.229 e. The van der Waals surface area contributed by atoms with E-state index in [2.05, 4.69) is 113 Å². The lowest BCUT2D eigenvalue weighted by molar-refractivity contribution is 0.0982. The molecule has 0 radical (unpaired) electrons. The quantitative estimate of drug-likeness (QED) is 0.0948. The number of likely N-dealkylation sites (N-methyl/N-ethyl adjacent to an activating group) is 1. The van der Waals surface area contributed by atoms with Gasteiger partial charge in [0.05, 0.1) is 58.3 Å². The summed E-state index contributed by atoms with van der Waals surface area (Å²) < 4.78 is 37.1. The number of allylic oxidation sites excluding steroid dienone is 1. The molecule has 384 valence electrons. The molecule has 15 nitrogen and oxygen atoms in total. The monoisotopic (exact) mass is 1030 g/mol. The average Bonchev–Trinajstić information content (AvgIpc) is 3.84. The molecule has 0 saturated carbocycles. The number of methoxy groups -OCH3 is 2. The van der Waals surface area contributed by atoms with Gasteiger partial charge in [-0.3, -0.25) is 4.90 Å². The van der Waals surface area contributed by atoms with Crippen LogP contribution in [-0.2, 0) is 16.3 Å². The van der Waals surface area contributed by atoms with Crippen molar-refractivity contribution in [3.8, 4) is 11.5 Å². The molecule has 6 aromatic rings. The minimum absolute atomic E-state index is 0.243. The van der Waals surface area contributed by atoms with Crippen molar-refractivity contribution in [2.45, 2.75) is 69.1 Å². The first-order valence-corrected chi connectivity index (χ1v) is 27.4. The molecule has 17 heteroatoms. The number of ether oxygens (including phenoxy) is 2. The van der Waals surface area contributed by atoms with Crippen LogP contribution in [0, 0.1) is 5.92 Å². The Labute approximate surface area is 435 Å². The van der Waals surface area contributed by atoms with Crippen LogP contribution in [0.4, 0.5) is 46.2 Å². The zero-order valence-corrected chi connectivity index (χ0v) is 44.4. The van der Waals surface area contributed by atoms with Crippen molar-refractivity contribution in [1.82, 2.24) is 29.7 Å². The van der Waals surface area contributed by atoms with Gasteiger partial charge in [0.1, 0.15) is 17.3 Å². The number of anilines is 8. The lowest BCUT2D eigenvalue weighted by Gasteiger charge is -2.42. The van der Waals surface area contributed by atoms with Crippen molar-refractivity contribution in [2.24, 2.45) is 5.92 Å². The van der Waals surface area contributed by atoms with Gasteiger partial charge in [-0.2, -0.15) is 4.98 Å². The molecule has 0 unspecified atom stereocenters. The number of fused-ring (bicyclic) bond motifs is 1. The third-order valence-corrected chi connectivity index (χ3v) is 16.9. The number of halogens is 1. The predicted octanol–water partition coefficient (Wildman–Crippen LogP) is 10.5. The lowest BCUT2D eigenvalue weighted by atomic mass is 9.99. The van der Waals surface area contributed by atoms with E-state index in [0.717, 1.165) is 98.8 Å². The molecule has 2 aromatic heterocycles. The molecule has 3 aliphatic heterocycles. The molecule has 5 heterocycles. The Balaban J connectivity index is 0.000000185. The fourth-order valence-electron chi connectivity index (χ4n) is 9.97. The average molecular weight is 1030 g/mol. The molecule has 10 rings (SSSR count). The number of hydrogen-bond donors (Lipinski definition) is 3. The third kappa shape index (κ3) is 12.2. The van der Waals surface area contributed by atoms with Crippen LogP contribution in [0.15, 0.2) is 114 Å². The molecular weight excluding hydrogens is 958 g/mol. The van der Waals surface area contributed by atoms with Crippen LogP contribution in [0.1, 0.15) is 63.3 Å². The molecule has 0 atom stereocenters. The Bertz CT molecular complexity index is 3010. The second kappa shape index (κ2) is 23.2. The number of hydrogen-bond acceptors (Lipinski definition) is 15. The van der Waals surface area contributed by atoms with E-state index in [1.807, 2.05) is 18.2 Å². The maximum atomic E-state index is 12.9. The largest absolute Gasteiger partial charge is 0.494 e. The van der Waals surface area contributed by atoms with E-state index in [1.165, 1.54) is 42.5 Å². The summed E-state index contributed by atoms with van der Waals surface area (Å²) in [6.45, 7) is 14.5. The summed E-state index contributed by atoms with van der Waals surface area (Å²) in [4.78, 5) is 28.3. The summed E-state index contributed by atoms with van der Waals surface area (Å²) in [5.74, 6) is 3.62. The number of para-hydroxylation sites is 1. The number of benzene rings is 4. The van der Waals surface area contributed by atoms with Crippen LogP contribution in [0.3, 0.4) is 0 Å². The van der Waals surface area contributed by atoms with E-state index >= 15 is 0 Å². The van der Waals surface area contributed by atoms with Gasteiger partial charge in [-0.25, -0.2) is 23.4 Å². The molecule has 1 aliphatic carbocycles. The summed E-state index contributed by atoms with van der Waals surface area (Å²) in [5, 5.41) is 9.75. The minimum Gasteiger partial charge on any atom is -0.494 e. The molecule has 0 bridgehead atoms. The number of aromatic nitrogens is 4. The summed E-state index contributed by atoms with van der Waals surface area (Å²) in [5.41, 5.74) is 8.65. The smallest absolute Gasteiger partial charge is 0.229 e. The van der Waals surface area contributed by atoms with Crippen LogP contribution < -0.4 is 35.2 Å². The Morgan fingerprint density at radius 2 is 1.29 bits per heavy atom. The first-order valence-electron chi connectivity index (χ1n) is 25.4. The van der Waals surface area contributed by atoms with E-state index in [-0.39, 0.29) is 4.90 Å². The van der Waals surface area contributed by atoms with Gasteiger partial charge < -0.3 is 40.1 Å². The van der Waals surface area contributed by atoms with Gasteiger partial charge in [-0.05, 0) is 113 Å². The number of nitrogens with one attached hydrogen (secondary N) is 3. The summed E-state index contributed by atoms with van der Waals surface area (Å²) in [6.07, 6.45) is 11.1. The van der Waals surface area contributed by atoms with Crippen LogP contribution in [0.2, 0.25) is 5.02 Å². The Hall–Kier alpha value is -6.46. The van der Waals surface area contributed by atoms with Crippen molar-refractivity contribution in [3.05, 3.63) is 131 Å². The SMILES string of the molecule is COc1cc(N2CCC(C)CC2)ccc1Nc1ncc(Cl)c(C2=CCc3ccccc32)n1.COc1cc(N2CCC(N3CCN(C)CC3)CC2)ccc1Nc1nccc(Nc2ccccc2S(=O)(=O)C(C)C)n1. The Morgan fingerprint density at radius 1 is 0.685 bits per heavy atom. The second-order valence-corrected chi connectivity index (χ2v) is 22.5. The number of sulfone groups is 1. The summed E-state index contributed by atoms with van der Waals surface area (Å²) in [6, 6.07) is 30.0. The number of piperidine rings is 2. The molecule has 4 aromatic carbocycles. The van der Waals surface area contributed by atoms with Gasteiger partial charge >= 0.3 is 0 Å². The fourth-order valence-corrected chi connectivity index (χ4v) is 11.4. The molecule has 3 saturated heterocycles. The minimum atomic E-state index is -3.47. The molecule has 73 heavy (non-hydrogen) atoms. The zero-order chi connectivity index (χ0) is 51.1. The highest BCUT2D eigenvalue weighted by Gasteiger charge is 2.28. The van der Waals surface area contributed by atoms with E-state index in [0.29, 0.717) is 40.2 Å². The molecule has 0 spiro atoms. The van der Waals surface area contributed by atoms with Crippen LogP contribution in [0.25, 0.3) is 5.57 Å². The topological polar surface area (TPSA) is 153 Å². The van der Waals surface area contributed by atoms with E-state index in [9.17, 15) is 8.42 Å². The predicted molar refractivity (Wildman–Crippen MR) is 296 cm³/mol. The molecule has 0 amide bonds. The lowest BCUT2D eigenvalue weighted by Crippen LogP contribution is -2.52. The highest BCUT2D eigenvalue weighted by atomic mass is 35.5. The van der Waals surface area contributed by atoms with Crippen LogP contribution in [-0.4, -0.2) is 123 Å². The zero-order valence-electron chi connectivity index (χ0n) is 42.8. The third-order valence-electron chi connectivity index (χ3n) is 14.5. The van der Waals surface area contributed by atoms with E-state index in [1.54, 1.807) is 70.8 Å². The highest BCUT2D eigenvalue weighted by molar-refractivity contribution is 7.92. The van der Waals surface area contributed by atoms with Crippen molar-refractivity contribution in [3.63, 3.8) is 0 Å². The highest BCUT2D eigenvalue weighted by Crippen LogP contribution is 2.38. The van der Waals surface area contributed by atoms with Gasteiger partial charge in [-0.1, -0.05) is 61.0 Å². The number of piperazine rings is 1. The van der Waals surface area contributed by atoms with E-state index < -0.39 is 15.1 Å². The van der Waals surface area contributed by atoms with Crippen molar-refractivity contribution >= 4 is 73.2 Å². The first kappa shape index (κ1) is 51.4. The van der Waals surface area contributed by atoms with Gasteiger partial charge in [-0.15, -0.1) is 0 Å². The number of nitrogens with zero attached hydrogens (tertiary/aromatic N) is 8. The van der Waals surface area contributed by atoms with Crippen molar-refractivity contribution < 1.29 is 17.9 Å². The summed E-state index contributed by atoms with van der Waals surface area (Å²) in [7, 11) is 2.09. The molecule has 3 N–H and O–H groups in total. The molecule has 3 fully saturated rings. The Morgan fingerprint density at radius 3 is 1.93 bits per heavy atom. The maximum absolute atomic E-state index is 12.9. The van der Waals surface area contributed by atoms with Crippen molar-refractivity contribution in [1.29, 1.82) is 0 Å². The van der Waals surface area contributed by atoms with E-state index in [4.69, 9.17) is 26.1 Å². The standard InChI is InChI=1S/C30H41N7O3S.C26H27ClN4O/c1-22(2)41(38,39)28-8-6-5-7-26(28)32-29-11-14-31-30(34-29)33-25-10-9-24(21-27(25)40-4)36-15-12-23(13-16-36)37-19-17-35(3)18-20-37;1-17-11-13-31(14-12-17)19-8-10-23(24(15-19)32-2)29-26-28-16-22(27)25(30-26)21-9-7-18-5-3-4-6-20(18)21/h5-11,14,21-23H,12-13,15-20H2,1-4H3,(H2,31,32,33,34);3-6,8-10,15-17H,7,11-14H2,1-2H3,(H,28,29,30). The molecule has 4 aliphatic rings. The van der Waals surface area contributed by atoms with Crippen molar-refractivity contribution in [2.75, 3.05) is 99.4 Å².